The van der Waals surface area contributed by atoms with Crippen molar-refractivity contribution in [3.8, 4) is 5.75 Å². The zero-order chi connectivity index (χ0) is 19.9. The van der Waals surface area contributed by atoms with Crippen molar-refractivity contribution in [1.82, 2.24) is 9.88 Å². The van der Waals surface area contributed by atoms with Crippen molar-refractivity contribution < 1.29 is 9.16 Å². The van der Waals surface area contributed by atoms with E-state index in [0.717, 1.165) is 35.7 Å². The number of ether oxygens (including phenoxy) is 1. The molecule has 3 saturated heterocycles. The number of aromatic nitrogens is 1. The van der Waals surface area contributed by atoms with Crippen molar-refractivity contribution in [3.05, 3.63) is 48.7 Å². The molecule has 0 radical (unpaired) electrons. The number of hydrogen-bond donors (Lipinski definition) is 0. The van der Waals surface area contributed by atoms with Crippen LogP contribution in [-0.4, -0.2) is 44.4 Å². The molecular formula is C23H32N2O2Si. The lowest BCUT2D eigenvalue weighted by atomic mass is 9.73. The molecule has 1 aromatic heterocycles. The van der Waals surface area contributed by atoms with E-state index < -0.39 is 8.32 Å². The quantitative estimate of drug-likeness (QED) is 0.506. The Labute approximate surface area is 169 Å². The predicted molar refractivity (Wildman–Crippen MR) is 117 cm³/mol. The molecule has 2 aromatic rings. The van der Waals surface area contributed by atoms with Gasteiger partial charge in [0.2, 0.25) is 0 Å². The molecule has 5 rings (SSSR count). The van der Waals surface area contributed by atoms with Crippen LogP contribution in [-0.2, 0) is 4.43 Å². The molecule has 4 heterocycles. The molecule has 0 spiro atoms. The standard InChI is InChI=1S/C23H32N2O2Si/c1-6-16-15-25-12-10-17(16)13-22(25)23(27-28(3,4)5)19-9-11-24-21-8-7-18(26-2)14-20(19)21/h6-9,11,14,16-17,22-23H,1,10,12-13,15H2,2-5H3/t16-,17-,22+,23-/m0/s1. The highest BCUT2D eigenvalue weighted by molar-refractivity contribution is 6.69. The van der Waals surface area contributed by atoms with Gasteiger partial charge in [0, 0.05) is 24.2 Å². The zero-order valence-corrected chi connectivity index (χ0v) is 18.5. The summed E-state index contributed by atoms with van der Waals surface area (Å²) < 4.78 is 12.4. The van der Waals surface area contributed by atoms with Gasteiger partial charge in [-0.25, -0.2) is 0 Å². The highest BCUT2D eigenvalue weighted by Crippen LogP contribution is 2.44. The lowest BCUT2D eigenvalue weighted by molar-refractivity contribution is -0.0382. The van der Waals surface area contributed by atoms with Gasteiger partial charge in [-0.1, -0.05) is 6.08 Å². The van der Waals surface area contributed by atoms with E-state index in [9.17, 15) is 0 Å². The van der Waals surface area contributed by atoms with Gasteiger partial charge in [-0.3, -0.25) is 9.88 Å². The summed E-state index contributed by atoms with van der Waals surface area (Å²) in [5.74, 6) is 2.21. The maximum atomic E-state index is 6.87. The van der Waals surface area contributed by atoms with Crippen LogP contribution in [0.25, 0.3) is 10.9 Å². The summed E-state index contributed by atoms with van der Waals surface area (Å²) in [5.41, 5.74) is 2.25. The molecule has 150 valence electrons. The Morgan fingerprint density at radius 3 is 2.75 bits per heavy atom. The van der Waals surface area contributed by atoms with Crippen molar-refractivity contribution in [1.29, 1.82) is 0 Å². The first-order valence-corrected chi connectivity index (χ1v) is 13.8. The third-order valence-corrected chi connectivity index (χ3v) is 7.23. The third-order valence-electron chi connectivity index (χ3n) is 6.27. The summed E-state index contributed by atoms with van der Waals surface area (Å²) in [7, 11) is -0.0309. The maximum absolute atomic E-state index is 6.87. The smallest absolute Gasteiger partial charge is 0.184 e. The molecule has 0 saturated carbocycles. The Balaban J connectivity index is 1.78. The van der Waals surface area contributed by atoms with E-state index in [1.807, 2.05) is 18.3 Å². The van der Waals surface area contributed by atoms with E-state index in [1.54, 1.807) is 7.11 Å². The number of piperidine rings is 3. The van der Waals surface area contributed by atoms with Crippen molar-refractivity contribution in [2.24, 2.45) is 11.8 Å². The highest BCUT2D eigenvalue weighted by atomic mass is 28.4. The molecule has 0 amide bonds. The van der Waals surface area contributed by atoms with Gasteiger partial charge in [0.1, 0.15) is 5.75 Å². The van der Waals surface area contributed by atoms with E-state index in [4.69, 9.17) is 9.16 Å². The fourth-order valence-electron chi connectivity index (χ4n) is 4.94. The van der Waals surface area contributed by atoms with Crippen LogP contribution < -0.4 is 4.74 Å². The molecule has 3 aliphatic heterocycles. The summed E-state index contributed by atoms with van der Waals surface area (Å²) in [4.78, 5) is 7.23. The van der Waals surface area contributed by atoms with Gasteiger partial charge in [-0.05, 0) is 80.7 Å². The second-order valence-electron chi connectivity index (χ2n) is 9.18. The van der Waals surface area contributed by atoms with Gasteiger partial charge in [-0.2, -0.15) is 0 Å². The number of pyridine rings is 1. The third kappa shape index (κ3) is 3.75. The van der Waals surface area contributed by atoms with Gasteiger partial charge >= 0.3 is 0 Å². The Morgan fingerprint density at radius 2 is 2.11 bits per heavy atom. The molecule has 5 atom stereocenters. The largest absolute Gasteiger partial charge is 0.497 e. The minimum absolute atomic E-state index is 0.0674. The number of benzene rings is 1. The molecule has 28 heavy (non-hydrogen) atoms. The molecule has 5 heteroatoms. The van der Waals surface area contributed by atoms with Crippen LogP contribution in [0.5, 0.6) is 5.75 Å². The van der Waals surface area contributed by atoms with E-state index in [-0.39, 0.29) is 6.10 Å². The molecular weight excluding hydrogens is 364 g/mol. The number of rotatable bonds is 6. The fourth-order valence-corrected chi connectivity index (χ4v) is 5.99. The van der Waals surface area contributed by atoms with Crippen LogP contribution in [0.15, 0.2) is 43.1 Å². The molecule has 0 N–H and O–H groups in total. The summed E-state index contributed by atoms with van der Waals surface area (Å²) in [5, 5.41) is 1.15. The first kappa shape index (κ1) is 19.6. The number of methoxy groups -OCH3 is 1. The first-order valence-electron chi connectivity index (χ1n) is 10.4. The minimum atomic E-state index is -1.75. The molecule has 1 aromatic carbocycles. The van der Waals surface area contributed by atoms with Crippen LogP contribution in [0.2, 0.25) is 19.6 Å². The van der Waals surface area contributed by atoms with E-state index in [1.165, 1.54) is 18.4 Å². The van der Waals surface area contributed by atoms with E-state index in [2.05, 4.69) is 54.3 Å². The average Bonchev–Trinajstić information content (AvgIpc) is 2.70. The van der Waals surface area contributed by atoms with Crippen LogP contribution in [0.3, 0.4) is 0 Å². The normalized spacial score (nSPS) is 28.3. The topological polar surface area (TPSA) is 34.6 Å². The average molecular weight is 397 g/mol. The van der Waals surface area contributed by atoms with Gasteiger partial charge in [0.25, 0.3) is 0 Å². The summed E-state index contributed by atoms with van der Waals surface area (Å²) >= 11 is 0. The fraction of sp³-hybridized carbons (Fsp3) is 0.522. The van der Waals surface area contributed by atoms with Gasteiger partial charge in [0.05, 0.1) is 18.7 Å². The first-order chi connectivity index (χ1) is 13.4. The summed E-state index contributed by atoms with van der Waals surface area (Å²) in [6.45, 7) is 13.2. The van der Waals surface area contributed by atoms with Crippen LogP contribution in [0, 0.1) is 11.8 Å². The van der Waals surface area contributed by atoms with Gasteiger partial charge < -0.3 is 9.16 Å². The molecule has 0 aliphatic carbocycles. The van der Waals surface area contributed by atoms with Crippen molar-refractivity contribution in [2.75, 3.05) is 20.2 Å². The zero-order valence-electron chi connectivity index (χ0n) is 17.5. The van der Waals surface area contributed by atoms with Crippen LogP contribution >= 0.6 is 0 Å². The molecule has 2 bridgehead atoms. The van der Waals surface area contributed by atoms with Gasteiger partial charge in [0.15, 0.2) is 8.32 Å². The van der Waals surface area contributed by atoms with E-state index in [0.29, 0.717) is 12.0 Å². The number of hydrogen-bond acceptors (Lipinski definition) is 4. The lowest BCUT2D eigenvalue weighted by Gasteiger charge is -2.52. The van der Waals surface area contributed by atoms with Crippen molar-refractivity contribution in [2.45, 2.75) is 44.6 Å². The SMILES string of the molecule is C=C[C@H]1CN2CC[C@H]1C[C@@H]2[C@@H](O[Si](C)(C)C)c1ccnc2ccc(OC)cc12. The Morgan fingerprint density at radius 1 is 1.29 bits per heavy atom. The Hall–Kier alpha value is -1.69. The highest BCUT2D eigenvalue weighted by Gasteiger charge is 2.44. The number of fused-ring (bicyclic) bond motifs is 4. The van der Waals surface area contributed by atoms with Crippen molar-refractivity contribution in [3.63, 3.8) is 0 Å². The second-order valence-corrected chi connectivity index (χ2v) is 13.6. The summed E-state index contributed by atoms with van der Waals surface area (Å²) in [6, 6.07) is 8.71. The molecule has 3 fully saturated rings. The minimum Gasteiger partial charge on any atom is -0.497 e. The molecule has 4 nitrogen and oxygen atoms in total. The molecule has 1 unspecified atom stereocenters. The van der Waals surface area contributed by atoms with Crippen LogP contribution in [0.4, 0.5) is 0 Å². The van der Waals surface area contributed by atoms with Gasteiger partial charge in [-0.15, -0.1) is 6.58 Å². The maximum Gasteiger partial charge on any atom is 0.184 e. The Bertz CT molecular complexity index is 863. The number of nitrogens with zero attached hydrogens (tertiary/aromatic N) is 2. The summed E-state index contributed by atoms with van der Waals surface area (Å²) in [6.07, 6.45) is 6.61. The molecule has 3 aliphatic rings. The lowest BCUT2D eigenvalue weighted by Crippen LogP contribution is -2.56. The predicted octanol–water partition coefficient (Wildman–Crippen LogP) is 5.03. The van der Waals surface area contributed by atoms with Crippen LogP contribution in [0.1, 0.15) is 24.5 Å². The Kier molecular flexibility index (Phi) is 5.34. The van der Waals surface area contributed by atoms with Crippen molar-refractivity contribution >= 4 is 19.2 Å². The second kappa shape index (κ2) is 7.62. The van der Waals surface area contributed by atoms with E-state index >= 15 is 0 Å². The monoisotopic (exact) mass is 396 g/mol.